The Labute approximate surface area is 207 Å². The van der Waals surface area contributed by atoms with Crippen molar-refractivity contribution in [1.29, 1.82) is 0 Å². The number of amides is 2. The SMILES string of the molecule is C[C@@H](OCc1cc(F)cc(-c2cc(NC(=O)[C@H]3CNC(=O)O3)nn2-c2ccc(Cl)cc2)c1)C(F)(F)F. The van der Waals surface area contributed by atoms with Crippen molar-refractivity contribution in [2.24, 2.45) is 0 Å². The number of rotatable bonds is 7. The Balaban J connectivity index is 1.67. The van der Waals surface area contributed by atoms with Gasteiger partial charge in [0.05, 0.1) is 24.5 Å². The highest BCUT2D eigenvalue weighted by molar-refractivity contribution is 6.30. The molecule has 1 aromatic heterocycles. The molecule has 1 saturated heterocycles. The minimum absolute atomic E-state index is 0.0149. The number of hydrogen-bond donors (Lipinski definition) is 2. The number of ether oxygens (including phenoxy) is 2. The number of cyclic esters (lactones) is 1. The van der Waals surface area contributed by atoms with Crippen LogP contribution >= 0.6 is 11.6 Å². The van der Waals surface area contributed by atoms with E-state index in [-0.39, 0.29) is 23.5 Å². The van der Waals surface area contributed by atoms with E-state index in [1.165, 1.54) is 22.9 Å². The van der Waals surface area contributed by atoms with Crippen molar-refractivity contribution in [3.63, 3.8) is 0 Å². The normalized spacial score (nSPS) is 16.4. The maximum absolute atomic E-state index is 14.5. The fourth-order valence-corrected chi connectivity index (χ4v) is 3.49. The molecule has 0 radical (unpaired) electrons. The highest BCUT2D eigenvalue weighted by Crippen LogP contribution is 2.30. The second kappa shape index (κ2) is 10.2. The summed E-state index contributed by atoms with van der Waals surface area (Å²) in [5, 5.41) is 9.73. The number of nitrogens with zero attached hydrogens (tertiary/aromatic N) is 2. The second-order valence-corrected chi connectivity index (χ2v) is 8.35. The fourth-order valence-electron chi connectivity index (χ4n) is 3.37. The third kappa shape index (κ3) is 5.94. The number of carbonyl (C=O) groups excluding carboxylic acids is 2. The zero-order valence-electron chi connectivity index (χ0n) is 18.6. The molecule has 0 spiro atoms. The largest absolute Gasteiger partial charge is 0.434 e. The fraction of sp³-hybridized carbons (Fsp3) is 0.261. The van der Waals surface area contributed by atoms with E-state index in [4.69, 9.17) is 21.1 Å². The van der Waals surface area contributed by atoms with E-state index in [9.17, 15) is 27.2 Å². The van der Waals surface area contributed by atoms with E-state index in [0.717, 1.165) is 13.0 Å². The number of benzene rings is 2. The summed E-state index contributed by atoms with van der Waals surface area (Å²) in [7, 11) is 0. The Morgan fingerprint density at radius 2 is 2.00 bits per heavy atom. The standard InChI is InChI=1S/C23H19ClF4N4O4/c1-12(23(26,27)28)35-11-13-6-14(8-16(25)7-13)18-9-20(30-21(33)19-10-29-22(34)36-19)31-32(18)17-4-2-15(24)3-5-17/h2-9,12,19H,10-11H2,1H3,(H,29,34)(H,30,31,33)/t12-,19-/m1/s1. The lowest BCUT2D eigenvalue weighted by Crippen LogP contribution is -2.30. The maximum Gasteiger partial charge on any atom is 0.414 e. The predicted octanol–water partition coefficient (Wildman–Crippen LogP) is 4.85. The molecule has 190 valence electrons. The first-order chi connectivity index (χ1) is 17.0. The third-order valence-electron chi connectivity index (χ3n) is 5.22. The summed E-state index contributed by atoms with van der Waals surface area (Å²) in [6.07, 6.45) is -8.38. The molecule has 2 atom stereocenters. The summed E-state index contributed by atoms with van der Waals surface area (Å²) >= 11 is 5.97. The van der Waals surface area contributed by atoms with Gasteiger partial charge in [0.2, 0.25) is 0 Å². The van der Waals surface area contributed by atoms with Gasteiger partial charge in [-0.2, -0.15) is 13.2 Å². The second-order valence-electron chi connectivity index (χ2n) is 7.91. The average molecular weight is 527 g/mol. The van der Waals surface area contributed by atoms with Crippen molar-refractivity contribution in [2.45, 2.75) is 31.9 Å². The molecule has 0 saturated carbocycles. The van der Waals surface area contributed by atoms with Gasteiger partial charge in [0.1, 0.15) is 5.82 Å². The summed E-state index contributed by atoms with van der Waals surface area (Å²) in [5.41, 5.74) is 1.26. The summed E-state index contributed by atoms with van der Waals surface area (Å²) in [4.78, 5) is 23.7. The smallest absolute Gasteiger partial charge is 0.414 e. The molecule has 1 fully saturated rings. The number of hydrogen-bond acceptors (Lipinski definition) is 5. The van der Waals surface area contributed by atoms with Gasteiger partial charge in [-0.25, -0.2) is 13.9 Å². The van der Waals surface area contributed by atoms with Crippen molar-refractivity contribution >= 4 is 29.4 Å². The van der Waals surface area contributed by atoms with Crippen LogP contribution in [0.25, 0.3) is 16.9 Å². The first-order valence-electron chi connectivity index (χ1n) is 10.6. The third-order valence-corrected chi connectivity index (χ3v) is 5.47. The van der Waals surface area contributed by atoms with Crippen LogP contribution in [0, 0.1) is 5.82 Å². The van der Waals surface area contributed by atoms with Gasteiger partial charge in [-0.05, 0) is 55.0 Å². The summed E-state index contributed by atoms with van der Waals surface area (Å²) in [6.45, 7) is 0.366. The van der Waals surface area contributed by atoms with Crippen LogP contribution in [0.3, 0.4) is 0 Å². The number of alkyl carbamates (subject to hydrolysis) is 1. The highest BCUT2D eigenvalue weighted by atomic mass is 35.5. The minimum atomic E-state index is -4.56. The Kier molecular flexibility index (Phi) is 7.18. The molecule has 0 unspecified atom stereocenters. The number of anilines is 1. The van der Waals surface area contributed by atoms with Crippen molar-refractivity contribution < 1.29 is 36.6 Å². The predicted molar refractivity (Wildman–Crippen MR) is 121 cm³/mol. The van der Waals surface area contributed by atoms with Gasteiger partial charge in [0, 0.05) is 16.7 Å². The Hall–Kier alpha value is -3.64. The molecule has 1 aliphatic rings. The van der Waals surface area contributed by atoms with Gasteiger partial charge >= 0.3 is 12.3 Å². The minimum Gasteiger partial charge on any atom is -0.434 e. The number of nitrogens with one attached hydrogen (secondary N) is 2. The van der Waals surface area contributed by atoms with Crippen molar-refractivity contribution in [3.05, 3.63) is 64.9 Å². The van der Waals surface area contributed by atoms with E-state index in [1.807, 2.05) is 0 Å². The summed E-state index contributed by atoms with van der Waals surface area (Å²) < 4.78 is 64.0. The molecule has 4 rings (SSSR count). The lowest BCUT2D eigenvalue weighted by atomic mass is 10.1. The van der Waals surface area contributed by atoms with E-state index in [1.54, 1.807) is 24.3 Å². The molecule has 2 amide bonds. The van der Waals surface area contributed by atoms with Crippen LogP contribution in [0.4, 0.5) is 28.2 Å². The van der Waals surface area contributed by atoms with Gasteiger partial charge in [0.15, 0.2) is 18.0 Å². The molecule has 36 heavy (non-hydrogen) atoms. The van der Waals surface area contributed by atoms with Crippen molar-refractivity contribution in [1.82, 2.24) is 15.1 Å². The monoisotopic (exact) mass is 526 g/mol. The van der Waals surface area contributed by atoms with Crippen LogP contribution in [-0.2, 0) is 20.9 Å². The van der Waals surface area contributed by atoms with Crippen LogP contribution < -0.4 is 10.6 Å². The zero-order valence-corrected chi connectivity index (χ0v) is 19.4. The molecule has 2 heterocycles. The van der Waals surface area contributed by atoms with Gasteiger partial charge in [-0.1, -0.05) is 11.6 Å². The molecule has 2 aromatic carbocycles. The molecular formula is C23H19ClF4N4O4. The molecule has 3 aromatic rings. The Morgan fingerprint density at radius 1 is 1.28 bits per heavy atom. The van der Waals surface area contributed by atoms with Crippen LogP contribution in [0.5, 0.6) is 0 Å². The van der Waals surface area contributed by atoms with Crippen molar-refractivity contribution in [2.75, 3.05) is 11.9 Å². The number of aromatic nitrogens is 2. The lowest BCUT2D eigenvalue weighted by Gasteiger charge is -2.16. The molecule has 13 heteroatoms. The topological polar surface area (TPSA) is 94.5 Å². The molecule has 0 bridgehead atoms. The van der Waals surface area contributed by atoms with Crippen molar-refractivity contribution in [3.8, 4) is 16.9 Å². The van der Waals surface area contributed by atoms with Gasteiger partial charge in [0.25, 0.3) is 5.91 Å². The Bertz CT molecular complexity index is 1280. The Morgan fingerprint density at radius 3 is 2.64 bits per heavy atom. The first-order valence-corrected chi connectivity index (χ1v) is 11.0. The van der Waals surface area contributed by atoms with Crippen LogP contribution in [-0.4, -0.2) is 46.7 Å². The van der Waals surface area contributed by atoms with E-state index < -0.39 is 42.8 Å². The van der Waals surface area contributed by atoms with E-state index >= 15 is 0 Å². The van der Waals surface area contributed by atoms with Crippen LogP contribution in [0.2, 0.25) is 5.02 Å². The molecule has 2 N–H and O–H groups in total. The zero-order chi connectivity index (χ0) is 26.0. The van der Waals surface area contributed by atoms with Crippen LogP contribution in [0.1, 0.15) is 12.5 Å². The lowest BCUT2D eigenvalue weighted by molar-refractivity contribution is -0.217. The molecule has 0 aliphatic carbocycles. The molecule has 8 nitrogen and oxygen atoms in total. The number of carbonyl (C=O) groups is 2. The van der Waals surface area contributed by atoms with Gasteiger partial charge in [-0.3, -0.25) is 4.79 Å². The molecular weight excluding hydrogens is 508 g/mol. The van der Waals surface area contributed by atoms with Gasteiger partial charge < -0.3 is 20.1 Å². The average Bonchev–Trinajstić information content (AvgIpc) is 3.43. The molecule has 1 aliphatic heterocycles. The maximum atomic E-state index is 14.5. The van der Waals surface area contributed by atoms with Gasteiger partial charge in [-0.15, -0.1) is 5.10 Å². The van der Waals surface area contributed by atoms with E-state index in [2.05, 4.69) is 15.7 Å². The van der Waals surface area contributed by atoms with E-state index in [0.29, 0.717) is 16.4 Å². The highest BCUT2D eigenvalue weighted by Gasteiger charge is 2.37. The van der Waals surface area contributed by atoms with Crippen LogP contribution in [0.15, 0.2) is 48.5 Å². The summed E-state index contributed by atoms with van der Waals surface area (Å²) in [6, 6.07) is 11.6. The quantitative estimate of drug-likeness (QED) is 0.429. The first kappa shape index (κ1) is 25.5. The summed E-state index contributed by atoms with van der Waals surface area (Å²) in [5.74, 6) is -1.26. The number of alkyl halides is 3. The number of halogens is 5.